The van der Waals surface area contributed by atoms with Crippen LogP contribution in [0.5, 0.6) is 0 Å². The fraction of sp³-hybridized carbons (Fsp3) is 0.368. The van der Waals surface area contributed by atoms with E-state index in [9.17, 15) is 4.79 Å². The van der Waals surface area contributed by atoms with Crippen molar-refractivity contribution in [3.05, 3.63) is 58.9 Å². The molecule has 4 rings (SSSR count). The summed E-state index contributed by atoms with van der Waals surface area (Å²) < 4.78 is 0. The molecule has 1 saturated heterocycles. The SMILES string of the molecule is O=C(C1C=C(c2cn[nH]c2)SC1)N1CCC(c2ccccc2Cl)CC1. The number of rotatable bonds is 3. The molecular weight excluding hydrogens is 354 g/mol. The second-order valence-corrected chi connectivity index (χ2v) is 8.03. The van der Waals surface area contributed by atoms with Gasteiger partial charge in [0.1, 0.15) is 0 Å². The number of thioether (sulfide) groups is 1. The molecule has 0 bridgehead atoms. The van der Waals surface area contributed by atoms with Crippen LogP contribution < -0.4 is 0 Å². The monoisotopic (exact) mass is 373 g/mol. The number of likely N-dealkylation sites (tertiary alicyclic amines) is 1. The number of halogens is 1. The highest BCUT2D eigenvalue weighted by atomic mass is 35.5. The van der Waals surface area contributed by atoms with Gasteiger partial charge in [0.2, 0.25) is 5.91 Å². The average molecular weight is 374 g/mol. The van der Waals surface area contributed by atoms with Crippen molar-refractivity contribution >= 4 is 34.2 Å². The van der Waals surface area contributed by atoms with Crippen LogP contribution in [0.25, 0.3) is 4.91 Å². The van der Waals surface area contributed by atoms with Crippen LogP contribution in [0.2, 0.25) is 5.02 Å². The maximum Gasteiger partial charge on any atom is 0.230 e. The molecule has 1 aromatic carbocycles. The molecule has 4 nitrogen and oxygen atoms in total. The average Bonchev–Trinajstić information content (AvgIpc) is 3.33. The van der Waals surface area contributed by atoms with Crippen molar-refractivity contribution in [1.29, 1.82) is 0 Å². The molecule has 1 N–H and O–H groups in total. The van der Waals surface area contributed by atoms with Gasteiger partial charge in [0.15, 0.2) is 0 Å². The van der Waals surface area contributed by atoms with Crippen molar-refractivity contribution in [2.75, 3.05) is 18.8 Å². The van der Waals surface area contributed by atoms with Crippen LogP contribution in [-0.2, 0) is 4.79 Å². The van der Waals surface area contributed by atoms with E-state index >= 15 is 0 Å². The predicted octanol–water partition coefficient (Wildman–Crippen LogP) is 4.17. The standard InChI is InChI=1S/C19H20ClN3OS/c20-17-4-2-1-3-16(17)13-5-7-23(8-6-13)19(24)14-9-18(25-12-14)15-10-21-22-11-15/h1-4,9-11,13-14H,5-8,12H2,(H,21,22). The number of aromatic amines is 1. The van der Waals surface area contributed by atoms with Gasteiger partial charge in [-0.25, -0.2) is 0 Å². The van der Waals surface area contributed by atoms with Crippen LogP contribution >= 0.6 is 23.4 Å². The zero-order valence-corrected chi connectivity index (χ0v) is 15.4. The van der Waals surface area contributed by atoms with Crippen LogP contribution in [0.4, 0.5) is 0 Å². The van der Waals surface area contributed by atoms with Crippen molar-refractivity contribution < 1.29 is 4.79 Å². The Balaban J connectivity index is 1.38. The summed E-state index contributed by atoms with van der Waals surface area (Å²) in [7, 11) is 0. The summed E-state index contributed by atoms with van der Waals surface area (Å²) in [6.07, 6.45) is 7.74. The fourth-order valence-electron chi connectivity index (χ4n) is 3.62. The lowest BCUT2D eigenvalue weighted by molar-refractivity contribution is -0.134. The van der Waals surface area contributed by atoms with Crippen LogP contribution in [0, 0.1) is 5.92 Å². The number of piperidine rings is 1. The summed E-state index contributed by atoms with van der Waals surface area (Å²) in [4.78, 5) is 16.0. The molecular formula is C19H20ClN3OS. The third-order valence-electron chi connectivity index (χ3n) is 5.02. The number of benzene rings is 1. The first-order valence-corrected chi connectivity index (χ1v) is 9.95. The summed E-state index contributed by atoms with van der Waals surface area (Å²) in [6.45, 7) is 1.62. The molecule has 2 aliphatic rings. The Bertz CT molecular complexity index is 782. The molecule has 3 heterocycles. The third-order valence-corrected chi connectivity index (χ3v) is 6.58. The van der Waals surface area contributed by atoms with Gasteiger partial charge in [-0.3, -0.25) is 9.89 Å². The number of H-pyrrole nitrogens is 1. The lowest BCUT2D eigenvalue weighted by Gasteiger charge is -2.33. The number of nitrogens with zero attached hydrogens (tertiary/aromatic N) is 2. The first-order chi connectivity index (χ1) is 12.2. The van der Waals surface area contributed by atoms with Gasteiger partial charge in [-0.1, -0.05) is 35.9 Å². The van der Waals surface area contributed by atoms with E-state index in [-0.39, 0.29) is 11.8 Å². The summed E-state index contributed by atoms with van der Waals surface area (Å²) in [5.74, 6) is 1.51. The smallest absolute Gasteiger partial charge is 0.230 e. The van der Waals surface area contributed by atoms with Crippen LogP contribution in [0.3, 0.4) is 0 Å². The summed E-state index contributed by atoms with van der Waals surface area (Å²) >= 11 is 8.06. The number of aromatic nitrogens is 2. The predicted molar refractivity (Wildman–Crippen MR) is 103 cm³/mol. The Morgan fingerprint density at radius 1 is 1.28 bits per heavy atom. The number of amides is 1. The van der Waals surface area contributed by atoms with Gasteiger partial charge in [-0.05, 0) is 30.4 Å². The van der Waals surface area contributed by atoms with E-state index in [1.165, 1.54) is 5.56 Å². The zero-order valence-electron chi connectivity index (χ0n) is 13.8. The second kappa shape index (κ2) is 7.26. The van der Waals surface area contributed by atoms with E-state index in [4.69, 9.17) is 11.6 Å². The number of carbonyl (C=O) groups is 1. The van der Waals surface area contributed by atoms with E-state index in [0.29, 0.717) is 5.92 Å². The highest BCUT2D eigenvalue weighted by Gasteiger charge is 2.31. The molecule has 25 heavy (non-hydrogen) atoms. The Labute approximate surface area is 156 Å². The van der Waals surface area contributed by atoms with Crippen LogP contribution in [0.15, 0.2) is 42.7 Å². The Hall–Kier alpha value is -1.72. The zero-order chi connectivity index (χ0) is 17.2. The molecule has 0 aliphatic carbocycles. The normalized spacial score (nSPS) is 21.4. The fourth-order valence-corrected chi connectivity index (χ4v) is 5.04. The van der Waals surface area contributed by atoms with Crippen molar-refractivity contribution in [3.8, 4) is 0 Å². The molecule has 0 radical (unpaired) electrons. The second-order valence-electron chi connectivity index (χ2n) is 6.56. The van der Waals surface area contributed by atoms with Crippen molar-refractivity contribution in [3.63, 3.8) is 0 Å². The first kappa shape index (κ1) is 16.7. The molecule has 6 heteroatoms. The van der Waals surface area contributed by atoms with Crippen LogP contribution in [0.1, 0.15) is 29.9 Å². The van der Waals surface area contributed by atoms with E-state index in [1.807, 2.05) is 29.3 Å². The van der Waals surface area contributed by atoms with E-state index in [1.54, 1.807) is 18.0 Å². The quantitative estimate of drug-likeness (QED) is 0.878. The molecule has 1 unspecified atom stereocenters. The Morgan fingerprint density at radius 3 is 2.80 bits per heavy atom. The molecule has 1 aromatic heterocycles. The maximum absolute atomic E-state index is 12.8. The van der Waals surface area contributed by atoms with Gasteiger partial charge < -0.3 is 4.90 Å². The minimum absolute atomic E-state index is 0.0215. The van der Waals surface area contributed by atoms with Crippen molar-refractivity contribution in [1.82, 2.24) is 15.1 Å². The Morgan fingerprint density at radius 2 is 2.08 bits per heavy atom. The molecule has 1 atom stereocenters. The minimum atomic E-state index is -0.0215. The summed E-state index contributed by atoms with van der Waals surface area (Å²) in [6, 6.07) is 8.06. The van der Waals surface area contributed by atoms with Crippen molar-refractivity contribution in [2.45, 2.75) is 18.8 Å². The maximum atomic E-state index is 12.8. The number of carbonyl (C=O) groups excluding carboxylic acids is 1. The largest absolute Gasteiger partial charge is 0.342 e. The molecule has 1 fully saturated rings. The highest BCUT2D eigenvalue weighted by Crippen LogP contribution is 2.38. The summed E-state index contributed by atoms with van der Waals surface area (Å²) in [5.41, 5.74) is 2.28. The molecule has 2 aromatic rings. The first-order valence-electron chi connectivity index (χ1n) is 8.59. The lowest BCUT2D eigenvalue weighted by atomic mass is 9.89. The summed E-state index contributed by atoms with van der Waals surface area (Å²) in [5, 5.41) is 7.65. The third kappa shape index (κ3) is 3.48. The van der Waals surface area contributed by atoms with E-state index in [0.717, 1.165) is 47.2 Å². The molecule has 1 amide bonds. The number of hydrogen-bond acceptors (Lipinski definition) is 3. The topological polar surface area (TPSA) is 49.0 Å². The van der Waals surface area contributed by atoms with Gasteiger partial charge in [0.25, 0.3) is 0 Å². The van der Waals surface area contributed by atoms with Crippen molar-refractivity contribution in [2.24, 2.45) is 5.92 Å². The van der Waals surface area contributed by atoms with E-state index < -0.39 is 0 Å². The van der Waals surface area contributed by atoms with E-state index in [2.05, 4.69) is 22.3 Å². The number of nitrogens with one attached hydrogen (secondary N) is 1. The molecule has 130 valence electrons. The van der Waals surface area contributed by atoms with Gasteiger partial charge in [0, 0.05) is 40.5 Å². The molecule has 0 saturated carbocycles. The highest BCUT2D eigenvalue weighted by molar-refractivity contribution is 8.08. The minimum Gasteiger partial charge on any atom is -0.342 e. The van der Waals surface area contributed by atoms with Gasteiger partial charge in [0.05, 0.1) is 12.1 Å². The van der Waals surface area contributed by atoms with Crippen LogP contribution in [-0.4, -0.2) is 39.8 Å². The van der Waals surface area contributed by atoms with Gasteiger partial charge >= 0.3 is 0 Å². The van der Waals surface area contributed by atoms with Gasteiger partial charge in [-0.2, -0.15) is 5.10 Å². The molecule has 2 aliphatic heterocycles. The molecule has 0 spiro atoms. The van der Waals surface area contributed by atoms with Gasteiger partial charge in [-0.15, -0.1) is 11.8 Å². The Kier molecular flexibility index (Phi) is 4.86. The number of hydrogen-bond donors (Lipinski definition) is 1. The lowest BCUT2D eigenvalue weighted by Crippen LogP contribution is -2.41.